The predicted molar refractivity (Wildman–Crippen MR) is 99.9 cm³/mol. The molecule has 0 bridgehead atoms. The van der Waals surface area contributed by atoms with Gasteiger partial charge in [-0.15, -0.1) is 11.3 Å². The average molecular weight is 355 g/mol. The van der Waals surface area contributed by atoms with Crippen molar-refractivity contribution in [2.24, 2.45) is 0 Å². The van der Waals surface area contributed by atoms with E-state index in [1.54, 1.807) is 6.20 Å². The number of hydrogen-bond acceptors (Lipinski definition) is 5. The Morgan fingerprint density at radius 3 is 3.16 bits per heavy atom. The molecular formula is C18H21N5OS. The highest BCUT2D eigenvalue weighted by molar-refractivity contribution is 7.13. The predicted octanol–water partition coefficient (Wildman–Crippen LogP) is 3.23. The fourth-order valence-corrected chi connectivity index (χ4v) is 3.92. The number of nitrogens with one attached hydrogen (secondary N) is 2. The van der Waals surface area contributed by atoms with E-state index in [1.165, 1.54) is 11.3 Å². The van der Waals surface area contributed by atoms with Crippen molar-refractivity contribution < 1.29 is 4.79 Å². The van der Waals surface area contributed by atoms with E-state index in [2.05, 4.69) is 26.3 Å². The first-order valence-corrected chi connectivity index (χ1v) is 9.52. The Balaban J connectivity index is 1.33. The molecule has 1 aliphatic heterocycles. The molecule has 0 aliphatic carbocycles. The molecule has 7 heteroatoms. The van der Waals surface area contributed by atoms with E-state index >= 15 is 0 Å². The Kier molecular flexibility index (Phi) is 4.76. The SMILES string of the molecule is O=C(CCN1CCC[C@@H](c2nc3ccccc3[nH]2)C1)Nc1nccs1. The third-order valence-electron chi connectivity index (χ3n) is 4.63. The van der Waals surface area contributed by atoms with Gasteiger partial charge in [0.15, 0.2) is 5.13 Å². The Hall–Kier alpha value is -2.25. The van der Waals surface area contributed by atoms with Gasteiger partial charge in [-0.25, -0.2) is 9.97 Å². The van der Waals surface area contributed by atoms with Gasteiger partial charge in [-0.2, -0.15) is 0 Å². The highest BCUT2D eigenvalue weighted by Gasteiger charge is 2.24. The molecule has 0 saturated carbocycles. The van der Waals surface area contributed by atoms with E-state index in [9.17, 15) is 4.79 Å². The molecule has 0 spiro atoms. The molecule has 2 N–H and O–H groups in total. The number of H-pyrrole nitrogens is 1. The number of piperidine rings is 1. The molecule has 3 aromatic rings. The second-order valence-electron chi connectivity index (χ2n) is 6.41. The molecule has 3 heterocycles. The Morgan fingerprint density at radius 2 is 2.32 bits per heavy atom. The van der Waals surface area contributed by atoms with Crippen LogP contribution in [-0.4, -0.2) is 45.4 Å². The van der Waals surface area contributed by atoms with Crippen LogP contribution in [0.15, 0.2) is 35.8 Å². The van der Waals surface area contributed by atoms with Gasteiger partial charge in [-0.3, -0.25) is 4.79 Å². The minimum atomic E-state index is 0.0285. The summed E-state index contributed by atoms with van der Waals surface area (Å²) in [6.07, 6.45) is 4.47. The van der Waals surface area contributed by atoms with Gasteiger partial charge in [-0.05, 0) is 31.5 Å². The van der Waals surface area contributed by atoms with Crippen molar-refractivity contribution in [2.45, 2.75) is 25.2 Å². The molecule has 1 fully saturated rings. The summed E-state index contributed by atoms with van der Waals surface area (Å²) in [7, 11) is 0. The number of anilines is 1. The van der Waals surface area contributed by atoms with E-state index in [1.807, 2.05) is 23.6 Å². The van der Waals surface area contributed by atoms with Crippen molar-refractivity contribution in [3.8, 4) is 0 Å². The summed E-state index contributed by atoms with van der Waals surface area (Å²) >= 11 is 1.44. The summed E-state index contributed by atoms with van der Waals surface area (Å²) in [5, 5.41) is 5.37. The number of para-hydroxylation sites is 2. The van der Waals surface area contributed by atoms with Crippen molar-refractivity contribution in [3.05, 3.63) is 41.7 Å². The third-order valence-corrected chi connectivity index (χ3v) is 5.32. The van der Waals surface area contributed by atoms with Crippen LogP contribution in [0.25, 0.3) is 11.0 Å². The zero-order valence-electron chi connectivity index (χ0n) is 13.9. The first-order valence-electron chi connectivity index (χ1n) is 8.64. The molecule has 25 heavy (non-hydrogen) atoms. The molecule has 1 saturated heterocycles. The van der Waals surface area contributed by atoms with Gasteiger partial charge in [0.05, 0.1) is 11.0 Å². The maximum atomic E-state index is 12.0. The second kappa shape index (κ2) is 7.33. The number of imidazole rings is 1. The number of carbonyl (C=O) groups is 1. The number of hydrogen-bond donors (Lipinski definition) is 2. The van der Waals surface area contributed by atoms with Gasteiger partial charge >= 0.3 is 0 Å². The molecule has 0 unspecified atom stereocenters. The normalized spacial score (nSPS) is 18.5. The van der Waals surface area contributed by atoms with Crippen LogP contribution >= 0.6 is 11.3 Å². The fourth-order valence-electron chi connectivity index (χ4n) is 3.37. The lowest BCUT2D eigenvalue weighted by Crippen LogP contribution is -2.36. The quantitative estimate of drug-likeness (QED) is 0.737. The number of amides is 1. The van der Waals surface area contributed by atoms with Crippen LogP contribution in [0.5, 0.6) is 0 Å². The molecule has 1 amide bonds. The van der Waals surface area contributed by atoms with Gasteiger partial charge in [-0.1, -0.05) is 12.1 Å². The van der Waals surface area contributed by atoms with Crippen LogP contribution < -0.4 is 5.32 Å². The molecule has 4 rings (SSSR count). The average Bonchev–Trinajstić information content (AvgIpc) is 3.29. The molecule has 0 radical (unpaired) electrons. The van der Waals surface area contributed by atoms with E-state index < -0.39 is 0 Å². The number of rotatable bonds is 5. The molecule has 1 aromatic carbocycles. The minimum absolute atomic E-state index is 0.0285. The third kappa shape index (κ3) is 3.88. The Bertz CT molecular complexity index is 811. The fraction of sp³-hybridized carbons (Fsp3) is 0.389. The lowest BCUT2D eigenvalue weighted by molar-refractivity contribution is -0.116. The van der Waals surface area contributed by atoms with Gasteiger partial charge in [0.2, 0.25) is 5.91 Å². The number of fused-ring (bicyclic) bond motifs is 1. The van der Waals surface area contributed by atoms with Crippen molar-refractivity contribution in [3.63, 3.8) is 0 Å². The standard InChI is InChI=1S/C18H21N5OS/c24-16(22-18-19-8-11-25-18)7-10-23-9-3-4-13(12-23)17-20-14-5-1-2-6-15(14)21-17/h1-2,5-6,8,11,13H,3-4,7,9-10,12H2,(H,20,21)(H,19,22,24)/t13-/m1/s1. The monoisotopic (exact) mass is 355 g/mol. The van der Waals surface area contributed by atoms with Gasteiger partial charge in [0.25, 0.3) is 0 Å². The van der Waals surface area contributed by atoms with Crippen LogP contribution in [0, 0.1) is 0 Å². The first kappa shape index (κ1) is 16.2. The molecule has 130 valence electrons. The van der Waals surface area contributed by atoms with Crippen LogP contribution in [-0.2, 0) is 4.79 Å². The second-order valence-corrected chi connectivity index (χ2v) is 7.31. The maximum Gasteiger partial charge on any atom is 0.227 e. The summed E-state index contributed by atoms with van der Waals surface area (Å²) in [6.45, 7) is 2.76. The molecule has 1 atom stereocenters. The molecule has 6 nitrogen and oxygen atoms in total. The van der Waals surface area contributed by atoms with E-state index in [0.29, 0.717) is 17.5 Å². The van der Waals surface area contributed by atoms with Gasteiger partial charge in [0.1, 0.15) is 5.82 Å². The molecular weight excluding hydrogens is 334 g/mol. The lowest BCUT2D eigenvalue weighted by atomic mass is 9.97. The van der Waals surface area contributed by atoms with Crippen LogP contribution in [0.1, 0.15) is 31.0 Å². The highest BCUT2D eigenvalue weighted by atomic mass is 32.1. The van der Waals surface area contributed by atoms with E-state index in [0.717, 1.165) is 49.3 Å². The van der Waals surface area contributed by atoms with Crippen molar-refractivity contribution >= 4 is 33.4 Å². The number of aromatic nitrogens is 3. The summed E-state index contributed by atoms with van der Waals surface area (Å²) in [5.41, 5.74) is 2.12. The maximum absolute atomic E-state index is 12.0. The molecule has 2 aromatic heterocycles. The van der Waals surface area contributed by atoms with E-state index in [4.69, 9.17) is 4.98 Å². The number of carbonyl (C=O) groups excluding carboxylic acids is 1. The largest absolute Gasteiger partial charge is 0.342 e. The zero-order valence-corrected chi connectivity index (χ0v) is 14.8. The Morgan fingerprint density at radius 1 is 1.40 bits per heavy atom. The van der Waals surface area contributed by atoms with Crippen molar-refractivity contribution in [1.82, 2.24) is 19.9 Å². The van der Waals surface area contributed by atoms with Crippen molar-refractivity contribution in [2.75, 3.05) is 25.0 Å². The van der Waals surface area contributed by atoms with Crippen LogP contribution in [0.3, 0.4) is 0 Å². The highest BCUT2D eigenvalue weighted by Crippen LogP contribution is 2.26. The number of benzene rings is 1. The van der Waals surface area contributed by atoms with Crippen molar-refractivity contribution in [1.29, 1.82) is 0 Å². The van der Waals surface area contributed by atoms with Crippen LogP contribution in [0.4, 0.5) is 5.13 Å². The van der Waals surface area contributed by atoms with Crippen LogP contribution in [0.2, 0.25) is 0 Å². The Labute approximate surface area is 150 Å². The summed E-state index contributed by atoms with van der Waals surface area (Å²) in [5.74, 6) is 1.50. The molecule has 1 aliphatic rings. The summed E-state index contributed by atoms with van der Waals surface area (Å²) in [4.78, 5) is 26.7. The number of thiazole rings is 1. The summed E-state index contributed by atoms with van der Waals surface area (Å²) < 4.78 is 0. The zero-order chi connectivity index (χ0) is 17.1. The number of aromatic amines is 1. The van der Waals surface area contributed by atoms with Gasteiger partial charge < -0.3 is 15.2 Å². The van der Waals surface area contributed by atoms with E-state index in [-0.39, 0.29) is 5.91 Å². The smallest absolute Gasteiger partial charge is 0.227 e. The number of nitrogens with zero attached hydrogens (tertiary/aromatic N) is 3. The summed E-state index contributed by atoms with van der Waals surface area (Å²) in [6, 6.07) is 8.15. The minimum Gasteiger partial charge on any atom is -0.342 e. The van der Waals surface area contributed by atoms with Gasteiger partial charge in [0, 0.05) is 37.0 Å². The lowest BCUT2D eigenvalue weighted by Gasteiger charge is -2.31. The number of likely N-dealkylation sites (tertiary alicyclic amines) is 1. The first-order chi connectivity index (χ1) is 12.3. The topological polar surface area (TPSA) is 73.9 Å².